The molecule has 19 heavy (non-hydrogen) atoms. The fourth-order valence-corrected chi connectivity index (χ4v) is 3.84. The van der Waals surface area contributed by atoms with E-state index in [-0.39, 0.29) is 6.54 Å². The molecule has 1 aromatic rings. The predicted molar refractivity (Wildman–Crippen MR) is 74.5 cm³/mol. The topological polar surface area (TPSA) is 57.6 Å². The standard InChI is InChI=1S/C14H21NO3S/c1-11(2)12-4-6-13(7-5-12)19(17,18)15-9-8-14(3,16)10-15/h4-7,11,16H,8-10H2,1-3H3. The van der Waals surface area contributed by atoms with Gasteiger partial charge in [-0.05, 0) is 37.0 Å². The lowest BCUT2D eigenvalue weighted by molar-refractivity contribution is 0.0762. The largest absolute Gasteiger partial charge is 0.389 e. The van der Waals surface area contributed by atoms with Crippen LogP contribution < -0.4 is 0 Å². The molecule has 1 N–H and O–H groups in total. The van der Waals surface area contributed by atoms with Crippen LogP contribution in [-0.2, 0) is 10.0 Å². The first kappa shape index (κ1) is 14.5. The molecular formula is C14H21NO3S. The highest BCUT2D eigenvalue weighted by Crippen LogP contribution is 2.27. The van der Waals surface area contributed by atoms with E-state index < -0.39 is 15.6 Å². The third kappa shape index (κ3) is 2.99. The normalized spacial score (nSPS) is 25.1. The quantitative estimate of drug-likeness (QED) is 0.922. The summed E-state index contributed by atoms with van der Waals surface area (Å²) in [5.41, 5.74) is 0.206. The minimum Gasteiger partial charge on any atom is -0.389 e. The number of aliphatic hydroxyl groups is 1. The third-order valence-electron chi connectivity index (χ3n) is 3.60. The molecule has 0 spiro atoms. The van der Waals surface area contributed by atoms with Gasteiger partial charge in [-0.1, -0.05) is 26.0 Å². The monoisotopic (exact) mass is 283 g/mol. The van der Waals surface area contributed by atoms with E-state index in [1.807, 2.05) is 12.1 Å². The summed E-state index contributed by atoms with van der Waals surface area (Å²) in [5.74, 6) is 0.379. The Morgan fingerprint density at radius 2 is 1.84 bits per heavy atom. The van der Waals surface area contributed by atoms with Gasteiger partial charge in [0, 0.05) is 13.1 Å². The third-order valence-corrected chi connectivity index (χ3v) is 5.46. The zero-order chi connectivity index (χ0) is 14.3. The van der Waals surface area contributed by atoms with Gasteiger partial charge in [0.05, 0.1) is 10.5 Å². The molecule has 0 aromatic heterocycles. The number of nitrogens with zero attached hydrogens (tertiary/aromatic N) is 1. The van der Waals surface area contributed by atoms with E-state index in [0.717, 1.165) is 5.56 Å². The average molecular weight is 283 g/mol. The second kappa shape index (κ2) is 4.89. The molecule has 0 amide bonds. The van der Waals surface area contributed by atoms with Crippen molar-refractivity contribution in [1.82, 2.24) is 4.31 Å². The van der Waals surface area contributed by atoms with Crippen LogP contribution in [0.4, 0.5) is 0 Å². The molecule has 1 aliphatic rings. The van der Waals surface area contributed by atoms with Crippen LogP contribution >= 0.6 is 0 Å². The Hall–Kier alpha value is -0.910. The zero-order valence-electron chi connectivity index (χ0n) is 11.6. The van der Waals surface area contributed by atoms with Crippen molar-refractivity contribution in [3.05, 3.63) is 29.8 Å². The van der Waals surface area contributed by atoms with Crippen molar-refractivity contribution in [3.8, 4) is 0 Å². The summed E-state index contributed by atoms with van der Waals surface area (Å²) in [7, 11) is -3.48. The molecule has 1 aromatic carbocycles. The molecule has 0 radical (unpaired) electrons. The zero-order valence-corrected chi connectivity index (χ0v) is 12.4. The van der Waals surface area contributed by atoms with Crippen molar-refractivity contribution in [1.29, 1.82) is 0 Å². The highest BCUT2D eigenvalue weighted by atomic mass is 32.2. The van der Waals surface area contributed by atoms with Gasteiger partial charge in [-0.25, -0.2) is 8.42 Å². The predicted octanol–water partition coefficient (Wildman–Crippen LogP) is 1.96. The minimum atomic E-state index is -3.48. The summed E-state index contributed by atoms with van der Waals surface area (Å²) >= 11 is 0. The molecule has 1 atom stereocenters. The lowest BCUT2D eigenvalue weighted by atomic mass is 10.0. The summed E-state index contributed by atoms with van der Waals surface area (Å²) in [4.78, 5) is 0.301. The van der Waals surface area contributed by atoms with Crippen LogP contribution in [0.2, 0.25) is 0 Å². The summed E-state index contributed by atoms with van der Waals surface area (Å²) in [6.07, 6.45) is 0.482. The highest BCUT2D eigenvalue weighted by Gasteiger charge is 2.38. The molecule has 106 valence electrons. The number of hydrogen-bond donors (Lipinski definition) is 1. The molecule has 0 saturated carbocycles. The van der Waals surface area contributed by atoms with Gasteiger partial charge >= 0.3 is 0 Å². The van der Waals surface area contributed by atoms with Crippen LogP contribution in [0, 0.1) is 0 Å². The maximum Gasteiger partial charge on any atom is 0.243 e. The molecule has 1 aliphatic heterocycles. The lowest BCUT2D eigenvalue weighted by Gasteiger charge is -2.19. The first-order chi connectivity index (χ1) is 8.72. The maximum absolute atomic E-state index is 12.4. The fourth-order valence-electron chi connectivity index (χ4n) is 2.28. The second-order valence-electron chi connectivity index (χ2n) is 5.81. The Kier molecular flexibility index (Phi) is 3.73. The molecule has 1 heterocycles. The fraction of sp³-hybridized carbons (Fsp3) is 0.571. The Bertz CT molecular complexity index is 547. The van der Waals surface area contributed by atoms with Gasteiger partial charge in [-0.2, -0.15) is 4.31 Å². The van der Waals surface area contributed by atoms with E-state index in [1.165, 1.54) is 4.31 Å². The van der Waals surface area contributed by atoms with Crippen LogP contribution in [0.3, 0.4) is 0 Å². The van der Waals surface area contributed by atoms with Crippen molar-refractivity contribution in [2.75, 3.05) is 13.1 Å². The Labute approximate surface area is 115 Å². The van der Waals surface area contributed by atoms with E-state index in [4.69, 9.17) is 0 Å². The summed E-state index contributed by atoms with van der Waals surface area (Å²) in [6.45, 7) is 6.36. The molecule has 5 heteroatoms. The van der Waals surface area contributed by atoms with Crippen molar-refractivity contribution >= 4 is 10.0 Å². The summed E-state index contributed by atoms with van der Waals surface area (Å²) in [5, 5.41) is 9.89. The Morgan fingerprint density at radius 1 is 1.26 bits per heavy atom. The Balaban J connectivity index is 2.25. The van der Waals surface area contributed by atoms with E-state index in [9.17, 15) is 13.5 Å². The molecule has 1 unspecified atom stereocenters. The van der Waals surface area contributed by atoms with Gasteiger partial charge in [-0.15, -0.1) is 0 Å². The van der Waals surface area contributed by atoms with E-state index in [1.54, 1.807) is 19.1 Å². The van der Waals surface area contributed by atoms with Crippen LogP contribution in [0.5, 0.6) is 0 Å². The maximum atomic E-state index is 12.4. The van der Waals surface area contributed by atoms with Crippen LogP contribution in [0.25, 0.3) is 0 Å². The molecule has 4 nitrogen and oxygen atoms in total. The van der Waals surface area contributed by atoms with Crippen molar-refractivity contribution < 1.29 is 13.5 Å². The number of β-amino-alcohol motifs (C(OH)–C–C–N with tert-alkyl or cyclic N) is 1. The second-order valence-corrected chi connectivity index (χ2v) is 7.75. The minimum absolute atomic E-state index is 0.168. The number of sulfonamides is 1. The number of rotatable bonds is 3. The molecular weight excluding hydrogens is 262 g/mol. The number of benzene rings is 1. The van der Waals surface area contributed by atoms with E-state index >= 15 is 0 Å². The first-order valence-corrected chi connectivity index (χ1v) is 7.99. The van der Waals surface area contributed by atoms with Crippen molar-refractivity contribution in [2.45, 2.75) is 43.6 Å². The van der Waals surface area contributed by atoms with Crippen molar-refractivity contribution in [3.63, 3.8) is 0 Å². The molecule has 2 rings (SSSR count). The summed E-state index contributed by atoms with van der Waals surface area (Å²) in [6, 6.07) is 7.01. The van der Waals surface area contributed by atoms with Gasteiger partial charge in [0.2, 0.25) is 10.0 Å². The van der Waals surface area contributed by atoms with Gasteiger partial charge in [0.15, 0.2) is 0 Å². The molecule has 1 saturated heterocycles. The van der Waals surface area contributed by atoms with Crippen molar-refractivity contribution in [2.24, 2.45) is 0 Å². The first-order valence-electron chi connectivity index (χ1n) is 6.55. The molecule has 1 fully saturated rings. The Morgan fingerprint density at radius 3 is 2.26 bits per heavy atom. The molecule has 0 aliphatic carbocycles. The average Bonchev–Trinajstić information content (AvgIpc) is 2.70. The van der Waals surface area contributed by atoms with Crippen LogP contribution in [-0.4, -0.2) is 36.5 Å². The van der Waals surface area contributed by atoms with Gasteiger partial charge in [-0.3, -0.25) is 0 Å². The van der Waals surface area contributed by atoms with Gasteiger partial charge in [0.25, 0.3) is 0 Å². The van der Waals surface area contributed by atoms with Crippen LogP contribution in [0.1, 0.15) is 38.7 Å². The van der Waals surface area contributed by atoms with Gasteiger partial charge < -0.3 is 5.11 Å². The van der Waals surface area contributed by atoms with Crippen LogP contribution in [0.15, 0.2) is 29.2 Å². The van der Waals surface area contributed by atoms with E-state index in [2.05, 4.69) is 13.8 Å². The summed E-state index contributed by atoms with van der Waals surface area (Å²) < 4.78 is 26.2. The molecule has 0 bridgehead atoms. The SMILES string of the molecule is CC(C)c1ccc(S(=O)(=O)N2CCC(C)(O)C2)cc1. The van der Waals surface area contributed by atoms with Gasteiger partial charge in [0.1, 0.15) is 0 Å². The highest BCUT2D eigenvalue weighted by molar-refractivity contribution is 7.89. The van der Waals surface area contributed by atoms with E-state index in [0.29, 0.717) is 23.8 Å². The number of hydrogen-bond acceptors (Lipinski definition) is 3. The lowest BCUT2D eigenvalue weighted by Crippen LogP contribution is -2.33. The smallest absolute Gasteiger partial charge is 0.243 e.